The van der Waals surface area contributed by atoms with Crippen LogP contribution in [0.2, 0.25) is 0 Å². The summed E-state index contributed by atoms with van der Waals surface area (Å²) in [6.45, 7) is 3.02. The molecule has 0 spiro atoms. The zero-order valence-corrected chi connectivity index (χ0v) is 12.8. The molecular weight excluding hydrogens is 306 g/mol. The summed E-state index contributed by atoms with van der Waals surface area (Å²) in [5.74, 6) is -1.02. The number of rotatable bonds is 5. The molecule has 2 rings (SSSR count). The van der Waals surface area contributed by atoms with Gasteiger partial charge in [-0.2, -0.15) is 0 Å². The summed E-state index contributed by atoms with van der Waals surface area (Å²) in [5.41, 5.74) is 1.39. The second-order valence-corrected chi connectivity index (χ2v) is 4.93. The van der Waals surface area contributed by atoms with Crippen LogP contribution in [0.5, 0.6) is 5.75 Å². The number of halogens is 2. The number of hydrogen-bond donors (Lipinski definition) is 2. The van der Waals surface area contributed by atoms with Gasteiger partial charge in [-0.3, -0.25) is 0 Å². The Bertz CT molecular complexity index is 664. The molecule has 0 saturated heterocycles. The fraction of sp³-hybridized carbons (Fsp3) is 0.188. The maximum atomic E-state index is 13.1. The minimum Gasteiger partial charge on any atom is -0.494 e. The van der Waals surface area contributed by atoms with Crippen LogP contribution in [-0.2, 0) is 6.54 Å². The van der Waals surface area contributed by atoms with Crippen LogP contribution in [-0.4, -0.2) is 11.7 Å². The molecule has 0 aliphatic heterocycles. The van der Waals surface area contributed by atoms with Gasteiger partial charge in [-0.1, -0.05) is 12.1 Å². The molecule has 3 nitrogen and oxygen atoms in total. The second kappa shape index (κ2) is 7.70. The van der Waals surface area contributed by atoms with Crippen molar-refractivity contribution in [2.75, 3.05) is 11.9 Å². The Morgan fingerprint density at radius 2 is 1.95 bits per heavy atom. The Balaban J connectivity index is 1.89. The van der Waals surface area contributed by atoms with Crippen molar-refractivity contribution in [1.29, 1.82) is 0 Å². The van der Waals surface area contributed by atoms with E-state index in [-0.39, 0.29) is 0 Å². The third-order valence-corrected chi connectivity index (χ3v) is 3.09. The van der Waals surface area contributed by atoms with Crippen LogP contribution < -0.4 is 15.4 Å². The van der Waals surface area contributed by atoms with E-state index in [1.165, 1.54) is 6.07 Å². The van der Waals surface area contributed by atoms with Crippen LogP contribution >= 0.6 is 12.2 Å². The molecule has 2 N–H and O–H groups in total. The van der Waals surface area contributed by atoms with Crippen LogP contribution in [0.4, 0.5) is 14.5 Å². The third-order valence-electron chi connectivity index (χ3n) is 2.84. The van der Waals surface area contributed by atoms with Gasteiger partial charge in [0.05, 0.1) is 6.61 Å². The lowest BCUT2D eigenvalue weighted by Crippen LogP contribution is -2.27. The van der Waals surface area contributed by atoms with E-state index in [0.29, 0.717) is 24.0 Å². The molecule has 2 aromatic rings. The molecule has 22 heavy (non-hydrogen) atoms. The topological polar surface area (TPSA) is 33.3 Å². The van der Waals surface area contributed by atoms with Gasteiger partial charge in [0, 0.05) is 18.3 Å². The molecule has 0 amide bonds. The summed E-state index contributed by atoms with van der Waals surface area (Å²) < 4.78 is 31.4. The first-order valence-corrected chi connectivity index (χ1v) is 7.21. The van der Waals surface area contributed by atoms with Gasteiger partial charge >= 0.3 is 0 Å². The molecule has 6 heteroatoms. The predicted octanol–water partition coefficient (Wildman–Crippen LogP) is 3.85. The van der Waals surface area contributed by atoms with Crippen molar-refractivity contribution < 1.29 is 13.5 Å². The average Bonchev–Trinajstić information content (AvgIpc) is 2.50. The van der Waals surface area contributed by atoms with Crippen molar-refractivity contribution in [2.24, 2.45) is 0 Å². The number of ether oxygens (including phenoxy) is 1. The first-order valence-electron chi connectivity index (χ1n) is 6.80. The Morgan fingerprint density at radius 3 is 2.68 bits per heavy atom. The van der Waals surface area contributed by atoms with Gasteiger partial charge in [-0.25, -0.2) is 8.78 Å². The van der Waals surface area contributed by atoms with E-state index >= 15 is 0 Å². The fourth-order valence-corrected chi connectivity index (χ4v) is 2.03. The fourth-order valence-electron chi connectivity index (χ4n) is 1.84. The summed E-state index contributed by atoms with van der Waals surface area (Å²) >= 11 is 5.13. The van der Waals surface area contributed by atoms with Crippen LogP contribution in [0.15, 0.2) is 42.5 Å². The highest BCUT2D eigenvalue weighted by molar-refractivity contribution is 7.80. The van der Waals surface area contributed by atoms with Gasteiger partial charge in [0.1, 0.15) is 5.75 Å². The van der Waals surface area contributed by atoms with Crippen molar-refractivity contribution in [3.8, 4) is 5.75 Å². The highest BCUT2D eigenvalue weighted by Gasteiger charge is 2.04. The van der Waals surface area contributed by atoms with E-state index in [9.17, 15) is 8.78 Å². The molecule has 0 bridgehead atoms. The van der Waals surface area contributed by atoms with Crippen LogP contribution in [0.3, 0.4) is 0 Å². The Morgan fingerprint density at radius 1 is 1.14 bits per heavy atom. The largest absolute Gasteiger partial charge is 0.494 e. The lowest BCUT2D eigenvalue weighted by molar-refractivity contribution is 0.340. The van der Waals surface area contributed by atoms with E-state index in [2.05, 4.69) is 10.6 Å². The monoisotopic (exact) mass is 322 g/mol. The van der Waals surface area contributed by atoms with Crippen molar-refractivity contribution in [3.63, 3.8) is 0 Å². The van der Waals surface area contributed by atoms with E-state index in [0.717, 1.165) is 23.4 Å². The van der Waals surface area contributed by atoms with E-state index in [4.69, 9.17) is 17.0 Å². The zero-order chi connectivity index (χ0) is 15.9. The quantitative estimate of drug-likeness (QED) is 0.819. The zero-order valence-electron chi connectivity index (χ0n) is 12.0. The van der Waals surface area contributed by atoms with Crippen LogP contribution in [0.25, 0.3) is 0 Å². The number of nitrogens with one attached hydrogen (secondary N) is 2. The van der Waals surface area contributed by atoms with Crippen LogP contribution in [0.1, 0.15) is 12.5 Å². The molecule has 2 aromatic carbocycles. The Kier molecular flexibility index (Phi) is 5.66. The lowest BCUT2D eigenvalue weighted by atomic mass is 10.2. The highest BCUT2D eigenvalue weighted by atomic mass is 32.1. The van der Waals surface area contributed by atoms with Crippen LogP contribution in [0, 0.1) is 11.6 Å². The van der Waals surface area contributed by atoms with Gasteiger partial charge in [0.25, 0.3) is 0 Å². The Hall–Kier alpha value is -2.21. The summed E-state index contributed by atoms with van der Waals surface area (Å²) in [6, 6.07) is 11.2. The van der Waals surface area contributed by atoms with Crippen molar-refractivity contribution in [2.45, 2.75) is 13.5 Å². The molecule has 0 heterocycles. The van der Waals surface area contributed by atoms with Gasteiger partial charge < -0.3 is 15.4 Å². The van der Waals surface area contributed by atoms with Gasteiger partial charge in [-0.05, 0) is 49.0 Å². The maximum absolute atomic E-state index is 13.1. The maximum Gasteiger partial charge on any atom is 0.171 e. The number of hydrogen-bond acceptors (Lipinski definition) is 2. The van der Waals surface area contributed by atoms with Gasteiger partial charge in [0.2, 0.25) is 0 Å². The number of anilines is 1. The molecular formula is C16H16F2N2OS. The predicted molar refractivity (Wildman–Crippen MR) is 87.0 cm³/mol. The molecule has 0 aliphatic rings. The standard InChI is InChI=1S/C16H16F2N2OS/c1-2-21-13-5-3-4-11(8-13)10-19-16(22)20-12-6-7-14(17)15(18)9-12/h3-9H,2,10H2,1H3,(H2,19,20,22). The van der Waals surface area contributed by atoms with E-state index < -0.39 is 11.6 Å². The third kappa shape index (κ3) is 4.66. The lowest BCUT2D eigenvalue weighted by Gasteiger charge is -2.11. The smallest absolute Gasteiger partial charge is 0.171 e. The Labute approximate surface area is 133 Å². The second-order valence-electron chi connectivity index (χ2n) is 4.52. The molecule has 0 aromatic heterocycles. The molecule has 0 atom stereocenters. The molecule has 0 aliphatic carbocycles. The average molecular weight is 322 g/mol. The first-order chi connectivity index (χ1) is 10.6. The van der Waals surface area contributed by atoms with Gasteiger partial charge in [-0.15, -0.1) is 0 Å². The van der Waals surface area contributed by atoms with E-state index in [1.807, 2.05) is 31.2 Å². The van der Waals surface area contributed by atoms with Crippen molar-refractivity contribution >= 4 is 23.0 Å². The van der Waals surface area contributed by atoms with Crippen molar-refractivity contribution in [3.05, 3.63) is 59.7 Å². The molecule has 0 fully saturated rings. The number of thiocarbonyl (C=S) groups is 1. The number of benzene rings is 2. The first kappa shape index (κ1) is 16.2. The minimum absolute atomic E-state index is 0.327. The highest BCUT2D eigenvalue weighted by Crippen LogP contribution is 2.14. The molecule has 116 valence electrons. The molecule has 0 saturated carbocycles. The van der Waals surface area contributed by atoms with Crippen molar-refractivity contribution in [1.82, 2.24) is 5.32 Å². The summed E-state index contributed by atoms with van der Waals surface area (Å²) in [6.07, 6.45) is 0. The summed E-state index contributed by atoms with van der Waals surface area (Å²) in [7, 11) is 0. The van der Waals surface area contributed by atoms with E-state index in [1.54, 1.807) is 0 Å². The van der Waals surface area contributed by atoms with Gasteiger partial charge in [0.15, 0.2) is 16.7 Å². The molecule has 0 unspecified atom stereocenters. The minimum atomic E-state index is -0.919. The summed E-state index contributed by atoms with van der Waals surface area (Å²) in [5, 5.41) is 6.13. The normalized spacial score (nSPS) is 10.1. The molecule has 0 radical (unpaired) electrons. The summed E-state index contributed by atoms with van der Waals surface area (Å²) in [4.78, 5) is 0. The SMILES string of the molecule is CCOc1cccc(CNC(=S)Nc2ccc(F)c(F)c2)c1.